The number of para-hydroxylation sites is 1. The van der Waals surface area contributed by atoms with Crippen molar-refractivity contribution in [1.82, 2.24) is 4.90 Å². The molecule has 0 radical (unpaired) electrons. The van der Waals surface area contributed by atoms with E-state index in [4.69, 9.17) is 9.47 Å². The number of aliphatic hydroxyl groups is 1. The Morgan fingerprint density at radius 1 is 0.975 bits per heavy atom. The smallest absolute Gasteiger partial charge is 0.313 e. The van der Waals surface area contributed by atoms with E-state index >= 15 is 0 Å². The maximum Gasteiger partial charge on any atom is 0.313 e. The van der Waals surface area contributed by atoms with E-state index in [-0.39, 0.29) is 18.4 Å². The largest absolute Gasteiger partial charge is 0.465 e. The quantitative estimate of drug-likeness (QED) is 0.313. The van der Waals surface area contributed by atoms with Crippen LogP contribution in [0.4, 0.5) is 5.69 Å². The molecule has 0 saturated carbocycles. The van der Waals surface area contributed by atoms with Gasteiger partial charge in [0.25, 0.3) is 5.91 Å². The summed E-state index contributed by atoms with van der Waals surface area (Å²) in [6, 6.07) is 5.03. The minimum Gasteiger partial charge on any atom is -0.465 e. The second-order valence-corrected chi connectivity index (χ2v) is 11.6. The average Bonchev–Trinajstić information content (AvgIpc) is 3.29. The van der Waals surface area contributed by atoms with E-state index in [1.165, 1.54) is 0 Å². The van der Waals surface area contributed by atoms with Gasteiger partial charge in [0.05, 0.1) is 12.5 Å². The summed E-state index contributed by atoms with van der Waals surface area (Å²) in [5.74, 6) is -2.59. The zero-order chi connectivity index (χ0) is 28.5. The Bertz CT molecular complexity index is 1190. The van der Waals surface area contributed by atoms with Gasteiger partial charge in [-0.3, -0.25) is 14.4 Å². The van der Waals surface area contributed by atoms with Crippen molar-refractivity contribution in [2.75, 3.05) is 31.2 Å². The molecule has 8 heteroatoms. The topological polar surface area (TPSA) is 96.4 Å². The highest BCUT2D eigenvalue weighted by molar-refractivity contribution is 6.06. The molecule has 4 aliphatic heterocycles. The molecule has 0 bridgehead atoms. The fourth-order valence-electron chi connectivity index (χ4n) is 7.28. The lowest BCUT2D eigenvalue weighted by atomic mass is 9.73. The number of fused-ring (bicyclic) bond motifs is 2. The van der Waals surface area contributed by atoms with Crippen molar-refractivity contribution in [1.29, 1.82) is 0 Å². The second-order valence-electron chi connectivity index (χ2n) is 11.6. The molecule has 1 spiro atoms. The number of benzene rings is 1. The van der Waals surface area contributed by atoms with Crippen LogP contribution >= 0.6 is 0 Å². The molecule has 0 aliphatic carbocycles. The minimum atomic E-state index is -1.30. The van der Waals surface area contributed by atoms with Crippen molar-refractivity contribution in [2.45, 2.75) is 83.0 Å². The number of esters is 1. The zero-order valence-corrected chi connectivity index (χ0v) is 23.9. The van der Waals surface area contributed by atoms with Crippen molar-refractivity contribution in [3.8, 4) is 0 Å². The van der Waals surface area contributed by atoms with Gasteiger partial charge in [0.15, 0.2) is 0 Å². The lowest BCUT2D eigenvalue weighted by Crippen LogP contribution is -2.56. The number of carbonyl (C=O) groups is 3. The summed E-state index contributed by atoms with van der Waals surface area (Å²) in [5, 5.41) is 9.30. The maximum atomic E-state index is 14.7. The summed E-state index contributed by atoms with van der Waals surface area (Å²) in [6.45, 7) is 7.01. The number of carbonyl (C=O) groups excluding carboxylic acids is 3. The number of aliphatic hydroxyl groups excluding tert-OH is 1. The van der Waals surface area contributed by atoms with Crippen molar-refractivity contribution in [2.24, 2.45) is 11.8 Å². The fraction of sp³-hybridized carbons (Fsp3) is 0.594. The molecule has 4 heterocycles. The number of ether oxygens (including phenoxy) is 2. The molecule has 4 aliphatic rings. The first-order valence-corrected chi connectivity index (χ1v) is 14.8. The maximum absolute atomic E-state index is 14.7. The molecular weight excluding hydrogens is 508 g/mol. The number of cyclic esters (lactones) is 1. The van der Waals surface area contributed by atoms with Gasteiger partial charge in [-0.15, -0.1) is 0 Å². The number of rotatable bonds is 7. The Morgan fingerprint density at radius 2 is 1.75 bits per heavy atom. The van der Waals surface area contributed by atoms with Crippen LogP contribution in [0.1, 0.15) is 63.0 Å². The number of allylic oxidation sites excluding steroid dienone is 1. The van der Waals surface area contributed by atoms with Gasteiger partial charge in [0.1, 0.15) is 23.2 Å². The van der Waals surface area contributed by atoms with Crippen LogP contribution in [0.3, 0.4) is 0 Å². The van der Waals surface area contributed by atoms with Crippen LogP contribution in [0.5, 0.6) is 0 Å². The SMILES string of the molecule is CC[C@@]12/C=C\CCCCOC(=O)[C@@H]1[C@H]1C(=O)N(CCCCCO)C3C(=O)N(c4c(C)cccc4C)CC=C[C@@]31O2. The second kappa shape index (κ2) is 11.5. The van der Waals surface area contributed by atoms with E-state index < -0.39 is 35.0 Å². The van der Waals surface area contributed by atoms with E-state index in [9.17, 15) is 19.5 Å². The highest BCUT2D eigenvalue weighted by Crippen LogP contribution is 2.58. The Hall–Kier alpha value is -2.97. The molecule has 216 valence electrons. The van der Waals surface area contributed by atoms with E-state index in [0.717, 1.165) is 42.5 Å². The van der Waals surface area contributed by atoms with Crippen LogP contribution in [0, 0.1) is 25.7 Å². The number of amides is 2. The zero-order valence-electron chi connectivity index (χ0n) is 23.9. The van der Waals surface area contributed by atoms with Crippen LogP contribution in [0.25, 0.3) is 0 Å². The van der Waals surface area contributed by atoms with E-state index in [1.54, 1.807) is 9.80 Å². The lowest BCUT2D eigenvalue weighted by molar-refractivity contribution is -0.160. The molecule has 40 heavy (non-hydrogen) atoms. The number of hydrogen-bond donors (Lipinski definition) is 1. The molecular formula is C32H42N2O6. The summed E-state index contributed by atoms with van der Waals surface area (Å²) in [7, 11) is 0. The van der Waals surface area contributed by atoms with Gasteiger partial charge in [-0.25, -0.2) is 0 Å². The highest BCUT2D eigenvalue weighted by atomic mass is 16.6. The lowest BCUT2D eigenvalue weighted by Gasteiger charge is -2.39. The van der Waals surface area contributed by atoms with Gasteiger partial charge in [0.2, 0.25) is 5.91 Å². The molecule has 2 amide bonds. The van der Waals surface area contributed by atoms with Gasteiger partial charge >= 0.3 is 5.97 Å². The third-order valence-electron chi connectivity index (χ3n) is 9.15. The van der Waals surface area contributed by atoms with E-state index in [0.29, 0.717) is 39.0 Å². The first kappa shape index (κ1) is 28.6. The number of likely N-dealkylation sites (tertiary alicyclic amines) is 1. The normalized spacial score (nSPS) is 32.8. The van der Waals surface area contributed by atoms with E-state index in [1.807, 2.05) is 57.2 Å². The van der Waals surface area contributed by atoms with Gasteiger partial charge in [-0.1, -0.05) is 49.4 Å². The predicted molar refractivity (Wildman–Crippen MR) is 152 cm³/mol. The molecule has 1 aromatic rings. The molecule has 5 rings (SSSR count). The van der Waals surface area contributed by atoms with Crippen LogP contribution in [0.2, 0.25) is 0 Å². The summed E-state index contributed by atoms with van der Waals surface area (Å²) < 4.78 is 12.8. The molecule has 1 N–H and O–H groups in total. The van der Waals surface area contributed by atoms with Crippen LogP contribution in [-0.4, -0.2) is 71.3 Å². The number of nitrogens with zero attached hydrogens (tertiary/aromatic N) is 2. The van der Waals surface area contributed by atoms with Gasteiger partial charge in [0, 0.05) is 25.4 Å². The summed E-state index contributed by atoms with van der Waals surface area (Å²) >= 11 is 0. The van der Waals surface area contributed by atoms with Crippen molar-refractivity contribution >= 4 is 23.5 Å². The monoisotopic (exact) mass is 550 g/mol. The minimum absolute atomic E-state index is 0.0777. The van der Waals surface area contributed by atoms with Crippen molar-refractivity contribution in [3.05, 3.63) is 53.6 Å². The molecule has 0 aromatic heterocycles. The standard InChI is InChI=1S/C32H42N2O6/c1-4-31-16-8-5-6-11-21-39-30(38)25(31)24-28(36)34(18-9-7-10-20-35)27-29(37)33(19-13-17-32(24,27)40-31)26-22(2)14-12-15-23(26)3/h8,12-17,24-25,27,35H,4-7,9-11,18-21H2,1-3H3/b16-8-/t24-,25-,27?,31+,32-/m0/s1. The summed E-state index contributed by atoms with van der Waals surface area (Å²) in [5.41, 5.74) is 0.451. The number of aryl methyl sites for hydroxylation is 2. The summed E-state index contributed by atoms with van der Waals surface area (Å²) in [4.78, 5) is 46.2. The van der Waals surface area contributed by atoms with E-state index in [2.05, 4.69) is 6.08 Å². The average molecular weight is 551 g/mol. The Balaban J connectivity index is 1.64. The molecule has 5 atom stereocenters. The third kappa shape index (κ3) is 4.59. The van der Waals surface area contributed by atoms with Gasteiger partial charge in [-0.2, -0.15) is 0 Å². The van der Waals surface area contributed by atoms with Crippen molar-refractivity contribution in [3.63, 3.8) is 0 Å². The van der Waals surface area contributed by atoms with Crippen LogP contribution in [0.15, 0.2) is 42.5 Å². The molecule has 8 nitrogen and oxygen atoms in total. The number of hydrogen-bond acceptors (Lipinski definition) is 6. The highest BCUT2D eigenvalue weighted by Gasteiger charge is 2.75. The fourth-order valence-corrected chi connectivity index (χ4v) is 7.28. The first-order valence-electron chi connectivity index (χ1n) is 14.8. The van der Waals surface area contributed by atoms with Gasteiger partial charge < -0.3 is 24.4 Å². The van der Waals surface area contributed by atoms with Gasteiger partial charge in [-0.05, 0) is 69.9 Å². The molecule has 1 unspecified atom stereocenters. The molecule has 2 saturated heterocycles. The summed E-state index contributed by atoms with van der Waals surface area (Å²) in [6.07, 6.45) is 12.8. The molecule has 1 aromatic carbocycles. The Kier molecular flexibility index (Phi) is 8.20. The predicted octanol–water partition coefficient (Wildman–Crippen LogP) is 4.01. The van der Waals surface area contributed by atoms with Crippen LogP contribution in [-0.2, 0) is 23.9 Å². The van der Waals surface area contributed by atoms with Crippen molar-refractivity contribution < 1.29 is 29.0 Å². The van der Waals surface area contributed by atoms with Crippen LogP contribution < -0.4 is 4.90 Å². The number of anilines is 1. The Morgan fingerprint density at radius 3 is 2.48 bits per heavy atom. The Labute approximate surface area is 237 Å². The molecule has 2 fully saturated rings. The number of unbranched alkanes of at least 4 members (excludes halogenated alkanes) is 2. The third-order valence-corrected chi connectivity index (χ3v) is 9.15. The first-order chi connectivity index (χ1) is 19.3.